The van der Waals surface area contributed by atoms with Gasteiger partial charge in [0, 0.05) is 6.42 Å². The lowest BCUT2D eigenvalue weighted by Crippen LogP contribution is -2.38. The maximum Gasteiger partial charge on any atom is 0.186 e. The summed E-state index contributed by atoms with van der Waals surface area (Å²) in [6.07, 6.45) is 9.84. The van der Waals surface area contributed by atoms with Crippen molar-refractivity contribution in [2.45, 2.75) is 12.2 Å². The Morgan fingerprint density at radius 2 is 1.89 bits per heavy atom. The van der Waals surface area contributed by atoms with Crippen molar-refractivity contribution < 1.29 is 4.39 Å². The Hall–Kier alpha value is -1.67. The number of alkyl halides is 1. The van der Waals surface area contributed by atoms with E-state index in [2.05, 4.69) is 0 Å². The molecule has 0 N–H and O–H groups in total. The standard InChI is InChI=1S/C16H18FN/c1-18(2)16(17)12-10-15(11-13-16)9-8-14-6-4-3-5-7-14/h3-12H,13H2,1-2H3/b9-8+. The van der Waals surface area contributed by atoms with Crippen LogP contribution in [0.5, 0.6) is 0 Å². The highest BCUT2D eigenvalue weighted by atomic mass is 19.1. The van der Waals surface area contributed by atoms with Crippen LogP contribution in [0, 0.1) is 0 Å². The molecule has 1 aromatic rings. The molecule has 0 fully saturated rings. The van der Waals surface area contributed by atoms with Gasteiger partial charge in [-0.2, -0.15) is 0 Å². The van der Waals surface area contributed by atoms with E-state index in [0.29, 0.717) is 6.42 Å². The van der Waals surface area contributed by atoms with E-state index < -0.39 is 5.79 Å². The predicted molar refractivity (Wildman–Crippen MR) is 74.8 cm³/mol. The summed E-state index contributed by atoms with van der Waals surface area (Å²) in [7, 11) is 3.51. The van der Waals surface area contributed by atoms with Gasteiger partial charge in [0.25, 0.3) is 0 Å². The van der Waals surface area contributed by atoms with Gasteiger partial charge in [0.05, 0.1) is 0 Å². The lowest BCUT2D eigenvalue weighted by molar-refractivity contribution is 0.0542. The summed E-state index contributed by atoms with van der Waals surface area (Å²) in [5.41, 5.74) is 2.20. The predicted octanol–water partition coefficient (Wildman–Crippen LogP) is 3.81. The fourth-order valence-electron chi connectivity index (χ4n) is 1.83. The highest BCUT2D eigenvalue weighted by Gasteiger charge is 2.29. The number of rotatable bonds is 3. The summed E-state index contributed by atoms with van der Waals surface area (Å²) in [4.78, 5) is 1.59. The number of likely N-dealkylation sites (N-methyl/N-ethyl adjacent to an activating group) is 1. The first-order chi connectivity index (χ1) is 8.60. The zero-order chi connectivity index (χ0) is 13.0. The van der Waals surface area contributed by atoms with E-state index in [9.17, 15) is 4.39 Å². The number of benzene rings is 1. The molecule has 1 nitrogen and oxygen atoms in total. The Balaban J connectivity index is 2.04. The van der Waals surface area contributed by atoms with Crippen LogP contribution < -0.4 is 0 Å². The maximum absolute atomic E-state index is 14.2. The number of hydrogen-bond donors (Lipinski definition) is 0. The van der Waals surface area contributed by atoms with Gasteiger partial charge in [-0.25, -0.2) is 4.39 Å². The van der Waals surface area contributed by atoms with Gasteiger partial charge in [0.15, 0.2) is 5.79 Å². The Bertz CT molecular complexity index is 485. The molecule has 18 heavy (non-hydrogen) atoms. The van der Waals surface area contributed by atoms with E-state index in [1.54, 1.807) is 25.1 Å². The van der Waals surface area contributed by atoms with Crippen LogP contribution in [0.15, 0.2) is 60.2 Å². The van der Waals surface area contributed by atoms with Gasteiger partial charge < -0.3 is 0 Å². The number of hydrogen-bond acceptors (Lipinski definition) is 1. The molecule has 1 aliphatic carbocycles. The maximum atomic E-state index is 14.2. The lowest BCUT2D eigenvalue weighted by Gasteiger charge is -2.30. The fourth-order valence-corrected chi connectivity index (χ4v) is 1.83. The summed E-state index contributed by atoms with van der Waals surface area (Å²) in [5.74, 6) is -1.34. The lowest BCUT2D eigenvalue weighted by atomic mass is 9.99. The van der Waals surface area contributed by atoms with Crippen LogP contribution >= 0.6 is 0 Å². The Morgan fingerprint density at radius 3 is 2.44 bits per heavy atom. The van der Waals surface area contributed by atoms with Crippen molar-refractivity contribution in [2.24, 2.45) is 0 Å². The summed E-state index contributed by atoms with van der Waals surface area (Å²) >= 11 is 0. The highest BCUT2D eigenvalue weighted by Crippen LogP contribution is 2.27. The molecule has 0 spiro atoms. The number of allylic oxidation sites excluding steroid dienone is 3. The van der Waals surface area contributed by atoms with Crippen molar-refractivity contribution in [3.05, 3.63) is 65.8 Å². The van der Waals surface area contributed by atoms with E-state index in [-0.39, 0.29) is 0 Å². The smallest absolute Gasteiger partial charge is 0.186 e. The van der Waals surface area contributed by atoms with Gasteiger partial charge in [-0.1, -0.05) is 54.6 Å². The zero-order valence-corrected chi connectivity index (χ0v) is 10.8. The molecular weight excluding hydrogens is 225 g/mol. The first kappa shape index (κ1) is 12.8. The van der Waals surface area contributed by atoms with Crippen LogP contribution in [-0.2, 0) is 0 Å². The molecule has 1 atom stereocenters. The van der Waals surface area contributed by atoms with Crippen LogP contribution in [0.1, 0.15) is 12.0 Å². The number of halogens is 1. The second-order valence-corrected chi connectivity index (χ2v) is 4.70. The molecule has 1 aliphatic rings. The van der Waals surface area contributed by atoms with Crippen LogP contribution in [0.2, 0.25) is 0 Å². The summed E-state index contributed by atoms with van der Waals surface area (Å²) in [5, 5.41) is 0. The van der Waals surface area contributed by atoms with Crippen molar-refractivity contribution in [2.75, 3.05) is 14.1 Å². The van der Waals surface area contributed by atoms with Gasteiger partial charge in [-0.15, -0.1) is 0 Å². The molecule has 0 saturated heterocycles. The fraction of sp³-hybridized carbons (Fsp3) is 0.250. The van der Waals surface area contributed by atoms with E-state index >= 15 is 0 Å². The van der Waals surface area contributed by atoms with Crippen molar-refractivity contribution in [3.8, 4) is 0 Å². The van der Waals surface area contributed by atoms with Crippen molar-refractivity contribution in [1.82, 2.24) is 4.90 Å². The van der Waals surface area contributed by atoms with Crippen LogP contribution in [0.4, 0.5) is 4.39 Å². The topological polar surface area (TPSA) is 3.24 Å². The quantitative estimate of drug-likeness (QED) is 0.730. The highest BCUT2D eigenvalue weighted by molar-refractivity contribution is 5.55. The molecule has 0 heterocycles. The van der Waals surface area contributed by atoms with E-state index in [0.717, 1.165) is 11.1 Å². The molecule has 0 aromatic heterocycles. The average molecular weight is 243 g/mol. The van der Waals surface area contributed by atoms with Gasteiger partial charge in [0.2, 0.25) is 0 Å². The minimum Gasteiger partial charge on any atom is -0.274 e. The molecule has 1 aromatic carbocycles. The molecule has 0 aliphatic heterocycles. The Morgan fingerprint density at radius 1 is 1.17 bits per heavy atom. The third kappa shape index (κ3) is 2.96. The SMILES string of the molecule is CN(C)C1(F)C=CC(/C=C/c2ccccc2)=CC1. The molecule has 1 unspecified atom stereocenters. The van der Waals surface area contributed by atoms with Crippen LogP contribution in [0.3, 0.4) is 0 Å². The molecule has 0 radical (unpaired) electrons. The van der Waals surface area contributed by atoms with Gasteiger partial charge >= 0.3 is 0 Å². The normalized spacial score (nSPS) is 23.7. The Labute approximate surface area is 108 Å². The Kier molecular flexibility index (Phi) is 3.78. The monoisotopic (exact) mass is 243 g/mol. The largest absolute Gasteiger partial charge is 0.274 e. The minimum atomic E-state index is -1.34. The number of nitrogens with zero attached hydrogens (tertiary/aromatic N) is 1. The molecule has 0 bridgehead atoms. The molecule has 94 valence electrons. The van der Waals surface area contributed by atoms with Crippen molar-refractivity contribution in [1.29, 1.82) is 0 Å². The molecule has 2 rings (SSSR count). The van der Waals surface area contributed by atoms with Crippen molar-refractivity contribution >= 4 is 6.08 Å². The third-order valence-electron chi connectivity index (χ3n) is 3.17. The van der Waals surface area contributed by atoms with Crippen molar-refractivity contribution in [3.63, 3.8) is 0 Å². The minimum absolute atomic E-state index is 0.394. The summed E-state index contributed by atoms with van der Waals surface area (Å²) in [6.45, 7) is 0. The first-order valence-electron chi connectivity index (χ1n) is 6.09. The van der Waals surface area contributed by atoms with Crippen LogP contribution in [-0.4, -0.2) is 24.8 Å². The van der Waals surface area contributed by atoms with Gasteiger partial charge in [-0.05, 0) is 31.3 Å². The summed E-state index contributed by atoms with van der Waals surface area (Å²) in [6, 6.07) is 10.1. The van der Waals surface area contributed by atoms with Gasteiger partial charge in [-0.3, -0.25) is 4.90 Å². The first-order valence-corrected chi connectivity index (χ1v) is 6.09. The molecular formula is C16H18FN. The average Bonchev–Trinajstić information content (AvgIpc) is 2.39. The van der Waals surface area contributed by atoms with E-state index in [1.165, 1.54) is 0 Å². The second kappa shape index (κ2) is 5.32. The molecule has 2 heteroatoms. The zero-order valence-electron chi connectivity index (χ0n) is 10.8. The second-order valence-electron chi connectivity index (χ2n) is 4.70. The molecule has 0 saturated carbocycles. The van der Waals surface area contributed by atoms with E-state index in [1.807, 2.05) is 54.6 Å². The van der Waals surface area contributed by atoms with Gasteiger partial charge in [0.1, 0.15) is 0 Å². The van der Waals surface area contributed by atoms with E-state index in [4.69, 9.17) is 0 Å². The summed E-state index contributed by atoms with van der Waals surface area (Å²) < 4.78 is 14.2. The molecule has 0 amide bonds. The third-order valence-corrected chi connectivity index (χ3v) is 3.17. The van der Waals surface area contributed by atoms with Crippen LogP contribution in [0.25, 0.3) is 6.08 Å².